The SMILES string of the molecule is COc1cccc(C(c2sc3nc(C)nn3c2O)N2CCCCC2C)c1. The topological polar surface area (TPSA) is 62.9 Å². The van der Waals surface area contributed by atoms with Gasteiger partial charge in [-0.25, -0.2) is 4.98 Å². The van der Waals surface area contributed by atoms with E-state index >= 15 is 0 Å². The standard InChI is InChI=1S/C19H24N4O2S/c1-12-7-4-5-10-22(12)16(14-8-6-9-15(11-14)25-3)17-18(24)23-19(26-17)20-13(2)21-23/h6,8-9,11-12,16,24H,4-5,7,10H2,1-3H3. The van der Waals surface area contributed by atoms with E-state index < -0.39 is 0 Å². The lowest BCUT2D eigenvalue weighted by Crippen LogP contribution is -2.40. The molecule has 1 fully saturated rings. The molecule has 0 spiro atoms. The first-order valence-corrected chi connectivity index (χ1v) is 9.85. The second-order valence-electron chi connectivity index (χ2n) is 6.91. The van der Waals surface area contributed by atoms with Crippen LogP contribution >= 0.6 is 11.3 Å². The molecule has 1 aliphatic rings. The molecule has 6 nitrogen and oxygen atoms in total. The molecule has 0 bridgehead atoms. The van der Waals surface area contributed by atoms with Crippen LogP contribution in [-0.4, -0.2) is 44.3 Å². The van der Waals surface area contributed by atoms with Gasteiger partial charge in [0.25, 0.3) is 0 Å². The van der Waals surface area contributed by atoms with Crippen molar-refractivity contribution in [3.05, 3.63) is 40.5 Å². The van der Waals surface area contributed by atoms with Crippen LogP contribution in [0.1, 0.15) is 48.5 Å². The van der Waals surface area contributed by atoms with Crippen molar-refractivity contribution in [2.75, 3.05) is 13.7 Å². The number of aromatic hydroxyl groups is 1. The summed E-state index contributed by atoms with van der Waals surface area (Å²) in [5.41, 5.74) is 1.12. The number of nitrogens with zero attached hydrogens (tertiary/aromatic N) is 4. The second kappa shape index (κ2) is 6.89. The van der Waals surface area contributed by atoms with Gasteiger partial charge in [-0.1, -0.05) is 29.9 Å². The van der Waals surface area contributed by atoms with Crippen LogP contribution in [0, 0.1) is 6.92 Å². The van der Waals surface area contributed by atoms with Crippen LogP contribution in [0.2, 0.25) is 0 Å². The van der Waals surface area contributed by atoms with Crippen molar-refractivity contribution in [1.82, 2.24) is 19.5 Å². The molecule has 0 saturated carbocycles. The fraction of sp³-hybridized carbons (Fsp3) is 0.474. The summed E-state index contributed by atoms with van der Waals surface area (Å²) in [5, 5.41) is 15.2. The Morgan fingerprint density at radius 3 is 2.92 bits per heavy atom. The minimum atomic E-state index is -0.0331. The third-order valence-corrected chi connectivity index (χ3v) is 6.22. The molecule has 2 atom stereocenters. The number of ether oxygens (including phenoxy) is 1. The third kappa shape index (κ3) is 2.95. The van der Waals surface area contributed by atoms with Crippen molar-refractivity contribution >= 4 is 16.3 Å². The van der Waals surface area contributed by atoms with Crippen molar-refractivity contribution < 1.29 is 9.84 Å². The normalized spacial score (nSPS) is 19.7. The molecule has 1 saturated heterocycles. The molecule has 1 aromatic carbocycles. The van der Waals surface area contributed by atoms with Gasteiger partial charge in [0.15, 0.2) is 0 Å². The van der Waals surface area contributed by atoms with Gasteiger partial charge in [-0.05, 0) is 50.9 Å². The molecule has 0 amide bonds. The summed E-state index contributed by atoms with van der Waals surface area (Å²) in [6.45, 7) is 5.12. The van der Waals surface area contributed by atoms with E-state index in [2.05, 4.69) is 34.0 Å². The molecule has 138 valence electrons. The van der Waals surface area contributed by atoms with E-state index in [1.807, 2.05) is 19.1 Å². The van der Waals surface area contributed by atoms with Crippen LogP contribution in [-0.2, 0) is 0 Å². The van der Waals surface area contributed by atoms with Gasteiger partial charge in [-0.3, -0.25) is 4.90 Å². The minimum absolute atomic E-state index is 0.0331. The predicted molar refractivity (Wildman–Crippen MR) is 102 cm³/mol. The number of aromatic nitrogens is 3. The van der Waals surface area contributed by atoms with Gasteiger partial charge < -0.3 is 9.84 Å². The Morgan fingerprint density at radius 1 is 1.35 bits per heavy atom. The van der Waals surface area contributed by atoms with Crippen molar-refractivity contribution in [3.8, 4) is 11.6 Å². The molecule has 3 heterocycles. The van der Waals surface area contributed by atoms with Gasteiger partial charge in [0.05, 0.1) is 18.0 Å². The summed E-state index contributed by atoms with van der Waals surface area (Å²) < 4.78 is 6.99. The third-order valence-electron chi connectivity index (χ3n) is 5.15. The zero-order valence-electron chi connectivity index (χ0n) is 15.3. The number of piperidine rings is 1. The van der Waals surface area contributed by atoms with Crippen molar-refractivity contribution in [1.29, 1.82) is 0 Å². The molecule has 2 unspecified atom stereocenters. The van der Waals surface area contributed by atoms with Crippen molar-refractivity contribution in [2.24, 2.45) is 0 Å². The van der Waals surface area contributed by atoms with Gasteiger partial charge in [0.2, 0.25) is 10.8 Å². The largest absolute Gasteiger partial charge is 0.497 e. The molecular weight excluding hydrogens is 348 g/mol. The van der Waals surface area contributed by atoms with E-state index in [1.54, 1.807) is 11.6 Å². The molecular formula is C19H24N4O2S. The van der Waals surface area contributed by atoms with E-state index in [9.17, 15) is 5.11 Å². The zero-order valence-corrected chi connectivity index (χ0v) is 16.2. The Hall–Kier alpha value is -2.12. The number of thiazole rings is 1. The van der Waals surface area contributed by atoms with Crippen LogP contribution in [0.3, 0.4) is 0 Å². The first kappa shape index (κ1) is 17.3. The summed E-state index contributed by atoms with van der Waals surface area (Å²) >= 11 is 1.51. The number of benzene rings is 1. The first-order valence-electron chi connectivity index (χ1n) is 9.03. The quantitative estimate of drug-likeness (QED) is 0.755. The number of methoxy groups -OCH3 is 1. The van der Waals surface area contributed by atoms with Crippen LogP contribution in [0.4, 0.5) is 0 Å². The average Bonchev–Trinajstić information content (AvgIpc) is 3.15. The van der Waals surface area contributed by atoms with Gasteiger partial charge in [-0.15, -0.1) is 5.10 Å². The van der Waals surface area contributed by atoms with Gasteiger partial charge >= 0.3 is 0 Å². The summed E-state index contributed by atoms with van der Waals surface area (Å²) in [4.78, 5) is 8.54. The average molecular weight is 372 g/mol. The molecule has 3 aromatic rings. The summed E-state index contributed by atoms with van der Waals surface area (Å²) in [7, 11) is 1.68. The highest BCUT2D eigenvalue weighted by Crippen LogP contribution is 2.42. The lowest BCUT2D eigenvalue weighted by Gasteiger charge is -2.39. The summed E-state index contributed by atoms with van der Waals surface area (Å²) in [6.07, 6.45) is 3.59. The highest BCUT2D eigenvalue weighted by molar-refractivity contribution is 7.17. The van der Waals surface area contributed by atoms with Crippen molar-refractivity contribution in [2.45, 2.75) is 45.2 Å². The number of hydrogen-bond acceptors (Lipinski definition) is 6. The second-order valence-corrected chi connectivity index (χ2v) is 7.91. The van der Waals surface area contributed by atoms with Crippen LogP contribution in [0.5, 0.6) is 11.6 Å². The maximum atomic E-state index is 10.9. The predicted octanol–water partition coefficient (Wildman–Crippen LogP) is 3.78. The van der Waals surface area contributed by atoms with Gasteiger partial charge in [0.1, 0.15) is 11.6 Å². The molecule has 4 rings (SSSR count). The fourth-order valence-electron chi connectivity index (χ4n) is 3.84. The van der Waals surface area contributed by atoms with Gasteiger partial charge in [-0.2, -0.15) is 4.52 Å². The van der Waals surface area contributed by atoms with E-state index in [0.29, 0.717) is 11.9 Å². The molecule has 26 heavy (non-hydrogen) atoms. The Kier molecular flexibility index (Phi) is 4.58. The van der Waals surface area contributed by atoms with Crippen LogP contribution in [0.15, 0.2) is 24.3 Å². The summed E-state index contributed by atoms with van der Waals surface area (Å²) in [5.74, 6) is 1.69. The summed E-state index contributed by atoms with van der Waals surface area (Å²) in [6, 6.07) is 8.54. The van der Waals surface area contributed by atoms with Gasteiger partial charge in [0, 0.05) is 6.04 Å². The lowest BCUT2D eigenvalue weighted by molar-refractivity contribution is 0.124. The lowest BCUT2D eigenvalue weighted by atomic mass is 9.96. The molecule has 2 aromatic heterocycles. The van der Waals surface area contributed by atoms with E-state index in [0.717, 1.165) is 27.7 Å². The smallest absolute Gasteiger partial charge is 0.230 e. The number of aryl methyl sites for hydroxylation is 1. The molecule has 1 aliphatic heterocycles. The molecule has 0 radical (unpaired) electrons. The Morgan fingerprint density at radius 2 is 2.19 bits per heavy atom. The Bertz CT molecular complexity index is 920. The van der Waals surface area contributed by atoms with E-state index in [-0.39, 0.29) is 11.9 Å². The fourth-order valence-corrected chi connectivity index (χ4v) is 4.98. The Balaban J connectivity index is 1.85. The maximum absolute atomic E-state index is 10.9. The van der Waals surface area contributed by atoms with E-state index in [4.69, 9.17) is 4.74 Å². The Labute approximate surface area is 157 Å². The number of hydrogen-bond donors (Lipinski definition) is 1. The molecule has 1 N–H and O–H groups in total. The molecule has 7 heteroatoms. The number of fused-ring (bicyclic) bond motifs is 1. The first-order chi connectivity index (χ1) is 12.6. The van der Waals surface area contributed by atoms with E-state index in [1.165, 1.54) is 30.6 Å². The number of likely N-dealkylation sites (tertiary alicyclic amines) is 1. The monoisotopic (exact) mass is 372 g/mol. The molecule has 0 aliphatic carbocycles. The van der Waals surface area contributed by atoms with Crippen molar-refractivity contribution in [3.63, 3.8) is 0 Å². The minimum Gasteiger partial charge on any atom is -0.497 e. The van der Waals surface area contributed by atoms with Crippen LogP contribution in [0.25, 0.3) is 4.96 Å². The number of rotatable bonds is 4. The highest BCUT2D eigenvalue weighted by Gasteiger charge is 2.33. The zero-order chi connectivity index (χ0) is 18.3. The highest BCUT2D eigenvalue weighted by atomic mass is 32.1. The maximum Gasteiger partial charge on any atom is 0.230 e. The van der Waals surface area contributed by atoms with Crippen LogP contribution < -0.4 is 4.74 Å².